The number of carbonyl (C=O) groups excluding carboxylic acids is 1. The topological polar surface area (TPSA) is 41.6 Å². The maximum absolute atomic E-state index is 12.2. The van der Waals surface area contributed by atoms with Crippen LogP contribution in [-0.2, 0) is 17.6 Å². The molecule has 1 amide bonds. The molecule has 2 aliphatic rings. The smallest absolute Gasteiger partial charge is 0.261 e. The van der Waals surface area contributed by atoms with Crippen molar-refractivity contribution in [1.82, 2.24) is 10.2 Å². The first kappa shape index (κ1) is 14.0. The van der Waals surface area contributed by atoms with Crippen LogP contribution in [0.5, 0.6) is 0 Å². The van der Waals surface area contributed by atoms with Gasteiger partial charge in [-0.1, -0.05) is 0 Å². The fraction of sp³-hybridized carbons (Fsp3) is 0.667. The van der Waals surface area contributed by atoms with E-state index in [1.54, 1.807) is 11.3 Å². The molecule has 1 aliphatic carbocycles. The maximum Gasteiger partial charge on any atom is 0.261 e. The number of morpholine rings is 1. The Balaban J connectivity index is 1.47. The summed E-state index contributed by atoms with van der Waals surface area (Å²) in [6, 6.07) is 2.10. The summed E-state index contributed by atoms with van der Waals surface area (Å²) in [5.74, 6) is 0.0951. The van der Waals surface area contributed by atoms with Gasteiger partial charge in [0.05, 0.1) is 18.1 Å². The molecule has 1 saturated heterocycles. The van der Waals surface area contributed by atoms with E-state index in [4.69, 9.17) is 4.74 Å². The van der Waals surface area contributed by atoms with Crippen LogP contribution in [0.3, 0.4) is 0 Å². The molecule has 0 unspecified atom stereocenters. The summed E-state index contributed by atoms with van der Waals surface area (Å²) in [6.07, 6.45) is 4.83. The number of ether oxygens (including phenoxy) is 1. The van der Waals surface area contributed by atoms with Crippen molar-refractivity contribution < 1.29 is 9.53 Å². The molecule has 20 heavy (non-hydrogen) atoms. The van der Waals surface area contributed by atoms with E-state index in [1.807, 2.05) is 0 Å². The van der Waals surface area contributed by atoms with E-state index < -0.39 is 0 Å². The van der Waals surface area contributed by atoms with Crippen LogP contribution in [0.15, 0.2) is 6.07 Å². The van der Waals surface area contributed by atoms with Gasteiger partial charge in [0.1, 0.15) is 0 Å². The molecular formula is C15H22N2O2S. The molecule has 5 heteroatoms. The third-order valence-corrected chi connectivity index (χ3v) is 5.27. The largest absolute Gasteiger partial charge is 0.379 e. The van der Waals surface area contributed by atoms with Gasteiger partial charge >= 0.3 is 0 Å². The predicted octanol–water partition coefficient (Wildman–Crippen LogP) is 1.69. The van der Waals surface area contributed by atoms with Gasteiger partial charge in [0.2, 0.25) is 0 Å². The van der Waals surface area contributed by atoms with E-state index in [-0.39, 0.29) is 5.91 Å². The van der Waals surface area contributed by atoms with Crippen LogP contribution in [0.2, 0.25) is 0 Å². The Bertz CT molecular complexity index is 443. The van der Waals surface area contributed by atoms with Crippen molar-refractivity contribution in [3.05, 3.63) is 21.4 Å². The van der Waals surface area contributed by atoms with Crippen molar-refractivity contribution in [1.29, 1.82) is 0 Å². The molecule has 1 aliphatic heterocycles. The molecule has 1 N–H and O–H groups in total. The Morgan fingerprint density at radius 3 is 2.90 bits per heavy atom. The lowest BCUT2D eigenvalue weighted by atomic mass is 9.99. The fourth-order valence-electron chi connectivity index (χ4n) is 2.84. The van der Waals surface area contributed by atoms with Crippen LogP contribution in [0, 0.1) is 0 Å². The number of fused-ring (bicyclic) bond motifs is 1. The Labute approximate surface area is 124 Å². The minimum Gasteiger partial charge on any atom is -0.379 e. The molecule has 2 heterocycles. The quantitative estimate of drug-likeness (QED) is 0.919. The number of carbonyl (C=O) groups is 1. The van der Waals surface area contributed by atoms with Gasteiger partial charge in [0.25, 0.3) is 5.91 Å². The maximum atomic E-state index is 12.2. The number of hydrogen-bond acceptors (Lipinski definition) is 4. The minimum absolute atomic E-state index is 0.0951. The Hall–Kier alpha value is -0.910. The first-order chi connectivity index (χ1) is 9.83. The van der Waals surface area contributed by atoms with Gasteiger partial charge < -0.3 is 10.1 Å². The van der Waals surface area contributed by atoms with Crippen molar-refractivity contribution in [3.63, 3.8) is 0 Å². The van der Waals surface area contributed by atoms with Crippen molar-refractivity contribution in [2.24, 2.45) is 0 Å². The first-order valence-electron chi connectivity index (χ1n) is 7.53. The van der Waals surface area contributed by atoms with E-state index in [2.05, 4.69) is 16.3 Å². The van der Waals surface area contributed by atoms with Crippen LogP contribution in [0.4, 0.5) is 0 Å². The van der Waals surface area contributed by atoms with Crippen LogP contribution in [0.25, 0.3) is 0 Å². The van der Waals surface area contributed by atoms with E-state index in [0.717, 1.165) is 57.1 Å². The lowest BCUT2D eigenvalue weighted by molar-refractivity contribution is 0.0383. The molecule has 1 fully saturated rings. The van der Waals surface area contributed by atoms with E-state index in [0.29, 0.717) is 0 Å². The Morgan fingerprint density at radius 2 is 2.10 bits per heavy atom. The molecule has 0 atom stereocenters. The summed E-state index contributed by atoms with van der Waals surface area (Å²) >= 11 is 1.68. The molecule has 1 aromatic heterocycles. The van der Waals surface area contributed by atoms with Crippen molar-refractivity contribution in [3.8, 4) is 0 Å². The van der Waals surface area contributed by atoms with Crippen molar-refractivity contribution in [2.45, 2.75) is 25.7 Å². The summed E-state index contributed by atoms with van der Waals surface area (Å²) in [4.78, 5) is 16.8. The molecule has 4 nitrogen and oxygen atoms in total. The number of nitrogens with one attached hydrogen (secondary N) is 1. The van der Waals surface area contributed by atoms with Crippen LogP contribution in [-0.4, -0.2) is 50.2 Å². The summed E-state index contributed by atoms with van der Waals surface area (Å²) in [6.45, 7) is 5.21. The average molecular weight is 294 g/mol. The summed E-state index contributed by atoms with van der Waals surface area (Å²) in [5.41, 5.74) is 1.40. The van der Waals surface area contributed by atoms with Gasteiger partial charge in [0, 0.05) is 31.1 Å². The van der Waals surface area contributed by atoms with Gasteiger partial charge in [0.15, 0.2) is 0 Å². The second-order valence-corrected chi connectivity index (χ2v) is 6.61. The van der Waals surface area contributed by atoms with Crippen LogP contribution < -0.4 is 5.32 Å². The minimum atomic E-state index is 0.0951. The highest BCUT2D eigenvalue weighted by Crippen LogP contribution is 2.29. The van der Waals surface area contributed by atoms with Crippen molar-refractivity contribution >= 4 is 17.2 Å². The molecule has 0 spiro atoms. The lowest BCUT2D eigenvalue weighted by Crippen LogP contribution is -2.41. The number of amides is 1. The summed E-state index contributed by atoms with van der Waals surface area (Å²) in [5, 5.41) is 3.04. The Kier molecular flexibility index (Phi) is 4.70. The van der Waals surface area contributed by atoms with Gasteiger partial charge in [-0.25, -0.2) is 0 Å². The number of hydrogen-bond donors (Lipinski definition) is 1. The van der Waals surface area contributed by atoms with Gasteiger partial charge in [-0.15, -0.1) is 11.3 Å². The summed E-state index contributed by atoms with van der Waals surface area (Å²) in [7, 11) is 0. The molecule has 0 bridgehead atoms. The third-order valence-electron chi connectivity index (χ3n) is 4.04. The zero-order valence-corrected chi connectivity index (χ0v) is 12.6. The predicted molar refractivity (Wildman–Crippen MR) is 80.6 cm³/mol. The number of thiophene rings is 1. The fourth-order valence-corrected chi connectivity index (χ4v) is 4.01. The molecular weight excluding hydrogens is 272 g/mol. The molecule has 3 rings (SSSR count). The van der Waals surface area contributed by atoms with Gasteiger partial charge in [-0.05, 0) is 37.3 Å². The highest BCUT2D eigenvalue weighted by Gasteiger charge is 2.17. The zero-order valence-electron chi connectivity index (χ0n) is 11.8. The molecule has 0 aromatic carbocycles. The third kappa shape index (κ3) is 3.40. The SMILES string of the molecule is O=C(NCCN1CCOCC1)c1cc2c(s1)CCCC2. The normalized spacial score (nSPS) is 19.6. The van der Waals surface area contributed by atoms with E-state index in [1.165, 1.54) is 23.3 Å². The first-order valence-corrected chi connectivity index (χ1v) is 8.34. The van der Waals surface area contributed by atoms with Crippen LogP contribution >= 0.6 is 11.3 Å². The molecule has 110 valence electrons. The van der Waals surface area contributed by atoms with Gasteiger partial charge in [-0.3, -0.25) is 9.69 Å². The molecule has 1 aromatic rings. The standard InChI is InChI=1S/C15H22N2O2S/c18-15(16-5-6-17-7-9-19-10-8-17)14-11-12-3-1-2-4-13(12)20-14/h11H,1-10H2,(H,16,18). The van der Waals surface area contributed by atoms with E-state index in [9.17, 15) is 4.79 Å². The average Bonchev–Trinajstić information content (AvgIpc) is 2.92. The molecule has 0 saturated carbocycles. The molecule has 0 radical (unpaired) electrons. The van der Waals surface area contributed by atoms with Gasteiger partial charge in [-0.2, -0.15) is 0 Å². The zero-order chi connectivity index (χ0) is 13.8. The number of nitrogens with zero attached hydrogens (tertiary/aromatic N) is 1. The Morgan fingerprint density at radius 1 is 1.30 bits per heavy atom. The number of aryl methyl sites for hydroxylation is 2. The second-order valence-electron chi connectivity index (χ2n) is 5.48. The number of rotatable bonds is 4. The van der Waals surface area contributed by atoms with E-state index >= 15 is 0 Å². The lowest BCUT2D eigenvalue weighted by Gasteiger charge is -2.26. The van der Waals surface area contributed by atoms with Crippen LogP contribution in [0.1, 0.15) is 33.0 Å². The highest BCUT2D eigenvalue weighted by molar-refractivity contribution is 7.14. The monoisotopic (exact) mass is 294 g/mol. The van der Waals surface area contributed by atoms with Crippen molar-refractivity contribution in [2.75, 3.05) is 39.4 Å². The second kappa shape index (κ2) is 6.70. The highest BCUT2D eigenvalue weighted by atomic mass is 32.1. The summed E-state index contributed by atoms with van der Waals surface area (Å²) < 4.78 is 5.32.